The molecule has 0 aromatic heterocycles. The highest BCUT2D eigenvalue weighted by Crippen LogP contribution is 2.44. The van der Waals surface area contributed by atoms with Crippen molar-refractivity contribution < 1.29 is 44.3 Å². The van der Waals surface area contributed by atoms with E-state index < -0.39 is 58.7 Å². The molecule has 1 rings (SSSR count). The Labute approximate surface area is 154 Å². The third kappa shape index (κ3) is 6.07. The smallest absolute Gasteiger partial charge is 0.407 e. The van der Waals surface area contributed by atoms with Crippen LogP contribution < -0.4 is 0 Å². The SMILES string of the molecule is C=C(F)/C=C(\C=C(\F)CC(F)(F)F)OC(F)(F)C(C)(C)c1c(F)cccc1F. The standard InChI is InChI=1S/C18H15F9O/c1-10(19)7-12(8-11(20)9-17(23,24)25)28-18(26,27)16(2,3)15-13(21)5-4-6-14(15)22/h4-8H,1,9H2,2-3H3/b11-8+,12-7+. The van der Waals surface area contributed by atoms with Gasteiger partial charge in [-0.2, -0.15) is 22.0 Å². The van der Waals surface area contributed by atoms with Gasteiger partial charge in [-0.05, 0) is 26.0 Å². The predicted octanol–water partition coefficient (Wildman–Crippen LogP) is 7.02. The van der Waals surface area contributed by atoms with E-state index in [1.165, 1.54) is 0 Å². The van der Waals surface area contributed by atoms with Gasteiger partial charge in [-0.25, -0.2) is 17.6 Å². The highest BCUT2D eigenvalue weighted by atomic mass is 19.4. The highest BCUT2D eigenvalue weighted by Gasteiger charge is 2.53. The van der Waals surface area contributed by atoms with E-state index in [0.717, 1.165) is 6.07 Å². The molecule has 0 atom stereocenters. The number of allylic oxidation sites excluding steroid dienone is 4. The van der Waals surface area contributed by atoms with Crippen molar-refractivity contribution in [2.75, 3.05) is 0 Å². The first kappa shape index (κ1) is 23.6. The molecular weight excluding hydrogens is 403 g/mol. The van der Waals surface area contributed by atoms with Crippen molar-refractivity contribution in [3.05, 3.63) is 71.5 Å². The third-order valence-corrected chi connectivity index (χ3v) is 3.53. The minimum atomic E-state index is -5.00. The van der Waals surface area contributed by atoms with Crippen LogP contribution in [0.1, 0.15) is 25.8 Å². The van der Waals surface area contributed by atoms with E-state index >= 15 is 0 Å². The summed E-state index contributed by atoms with van der Waals surface area (Å²) in [5, 5.41) is 0. The summed E-state index contributed by atoms with van der Waals surface area (Å²) >= 11 is 0. The maximum atomic E-state index is 14.6. The molecule has 10 heteroatoms. The molecule has 1 aromatic carbocycles. The van der Waals surface area contributed by atoms with Crippen LogP contribution in [0.25, 0.3) is 0 Å². The number of alkyl halides is 5. The Morgan fingerprint density at radius 3 is 1.93 bits per heavy atom. The van der Waals surface area contributed by atoms with Gasteiger partial charge in [0.15, 0.2) is 0 Å². The van der Waals surface area contributed by atoms with E-state index in [1.54, 1.807) is 0 Å². The fourth-order valence-electron chi connectivity index (χ4n) is 2.17. The normalized spacial score (nSPS) is 14.2. The molecule has 0 heterocycles. The van der Waals surface area contributed by atoms with Crippen molar-refractivity contribution in [2.24, 2.45) is 0 Å². The summed E-state index contributed by atoms with van der Waals surface area (Å²) in [6.07, 6.45) is -11.6. The largest absolute Gasteiger partial charge is 0.432 e. The second-order valence-corrected chi connectivity index (χ2v) is 6.22. The van der Waals surface area contributed by atoms with Gasteiger partial charge >= 0.3 is 12.3 Å². The molecule has 156 valence electrons. The Balaban J connectivity index is 3.33. The van der Waals surface area contributed by atoms with Crippen molar-refractivity contribution in [2.45, 2.75) is 38.0 Å². The molecule has 0 aliphatic rings. The van der Waals surface area contributed by atoms with Gasteiger partial charge < -0.3 is 4.74 Å². The summed E-state index contributed by atoms with van der Waals surface area (Å²) < 4.78 is 124. The van der Waals surface area contributed by atoms with Gasteiger partial charge in [0.25, 0.3) is 0 Å². The molecule has 0 saturated carbocycles. The summed E-state index contributed by atoms with van der Waals surface area (Å²) in [6, 6.07) is 2.34. The molecule has 0 fully saturated rings. The molecule has 0 radical (unpaired) electrons. The lowest BCUT2D eigenvalue weighted by Gasteiger charge is -2.34. The molecular formula is C18H15F9O. The summed E-state index contributed by atoms with van der Waals surface area (Å²) in [6.45, 7) is 4.07. The molecule has 28 heavy (non-hydrogen) atoms. The first-order valence-corrected chi connectivity index (χ1v) is 7.57. The molecule has 0 N–H and O–H groups in total. The quantitative estimate of drug-likeness (QED) is 0.263. The van der Waals surface area contributed by atoms with Gasteiger partial charge in [-0.15, -0.1) is 0 Å². The van der Waals surface area contributed by atoms with Crippen LogP contribution in [0.3, 0.4) is 0 Å². The van der Waals surface area contributed by atoms with Gasteiger partial charge in [-0.3, -0.25) is 0 Å². The van der Waals surface area contributed by atoms with Crippen molar-refractivity contribution in [1.29, 1.82) is 0 Å². The van der Waals surface area contributed by atoms with Crippen molar-refractivity contribution in [1.82, 2.24) is 0 Å². The van der Waals surface area contributed by atoms with E-state index in [-0.39, 0.29) is 12.2 Å². The molecule has 0 aliphatic heterocycles. The summed E-state index contributed by atoms with van der Waals surface area (Å²) in [4.78, 5) is 0. The Kier molecular flexibility index (Phi) is 7.03. The Morgan fingerprint density at radius 2 is 1.50 bits per heavy atom. The number of rotatable bonds is 7. The molecule has 0 bridgehead atoms. The minimum absolute atomic E-state index is 0.109. The second-order valence-electron chi connectivity index (χ2n) is 6.22. The zero-order chi connectivity index (χ0) is 21.9. The van der Waals surface area contributed by atoms with Crippen LogP contribution in [-0.4, -0.2) is 12.3 Å². The topological polar surface area (TPSA) is 9.23 Å². The predicted molar refractivity (Wildman–Crippen MR) is 83.6 cm³/mol. The van der Waals surface area contributed by atoms with E-state index in [4.69, 9.17) is 0 Å². The third-order valence-electron chi connectivity index (χ3n) is 3.53. The van der Waals surface area contributed by atoms with Gasteiger partial charge in [0, 0.05) is 17.7 Å². The van der Waals surface area contributed by atoms with E-state index in [9.17, 15) is 39.5 Å². The zero-order valence-electron chi connectivity index (χ0n) is 14.6. The number of halogens is 9. The van der Waals surface area contributed by atoms with Crippen LogP contribution in [0.2, 0.25) is 0 Å². The molecule has 0 amide bonds. The number of ether oxygens (including phenoxy) is 1. The average Bonchev–Trinajstić information content (AvgIpc) is 2.42. The van der Waals surface area contributed by atoms with Crippen molar-refractivity contribution >= 4 is 0 Å². The number of hydrogen-bond donors (Lipinski definition) is 0. The van der Waals surface area contributed by atoms with Crippen LogP contribution in [0.15, 0.2) is 54.3 Å². The summed E-state index contributed by atoms with van der Waals surface area (Å²) in [5.41, 5.74) is -3.80. The number of benzene rings is 1. The lowest BCUT2D eigenvalue weighted by molar-refractivity contribution is -0.253. The van der Waals surface area contributed by atoms with Crippen LogP contribution >= 0.6 is 0 Å². The maximum Gasteiger partial charge on any atom is 0.407 e. The van der Waals surface area contributed by atoms with Gasteiger partial charge in [0.1, 0.15) is 29.0 Å². The Morgan fingerprint density at radius 1 is 1.00 bits per heavy atom. The van der Waals surface area contributed by atoms with Gasteiger partial charge in [-0.1, -0.05) is 12.6 Å². The summed E-state index contributed by atoms with van der Waals surface area (Å²) in [7, 11) is 0. The van der Waals surface area contributed by atoms with Crippen molar-refractivity contribution in [3.63, 3.8) is 0 Å². The summed E-state index contributed by atoms with van der Waals surface area (Å²) in [5.74, 6) is -7.42. The fraction of sp³-hybridized carbons (Fsp3) is 0.333. The molecule has 0 unspecified atom stereocenters. The highest BCUT2D eigenvalue weighted by molar-refractivity contribution is 5.30. The molecule has 0 spiro atoms. The first-order chi connectivity index (χ1) is 12.6. The fourth-order valence-corrected chi connectivity index (χ4v) is 2.17. The molecule has 1 aromatic rings. The first-order valence-electron chi connectivity index (χ1n) is 7.57. The van der Waals surface area contributed by atoms with Crippen LogP contribution in [0.4, 0.5) is 39.5 Å². The minimum Gasteiger partial charge on any atom is -0.432 e. The van der Waals surface area contributed by atoms with Crippen LogP contribution in [0, 0.1) is 11.6 Å². The van der Waals surface area contributed by atoms with Gasteiger partial charge in [0.05, 0.1) is 11.8 Å². The molecule has 0 saturated heterocycles. The lowest BCUT2D eigenvalue weighted by Crippen LogP contribution is -2.43. The van der Waals surface area contributed by atoms with Crippen LogP contribution in [0.5, 0.6) is 0 Å². The van der Waals surface area contributed by atoms with E-state index in [2.05, 4.69) is 11.3 Å². The van der Waals surface area contributed by atoms with Gasteiger partial charge in [0.2, 0.25) is 0 Å². The monoisotopic (exact) mass is 418 g/mol. The molecule has 1 nitrogen and oxygen atoms in total. The Hall–Kier alpha value is -2.39. The lowest BCUT2D eigenvalue weighted by atomic mass is 9.82. The van der Waals surface area contributed by atoms with E-state index in [0.29, 0.717) is 26.0 Å². The van der Waals surface area contributed by atoms with Crippen molar-refractivity contribution in [3.8, 4) is 0 Å². The van der Waals surface area contributed by atoms with Crippen LogP contribution in [-0.2, 0) is 10.2 Å². The molecule has 0 aliphatic carbocycles. The number of hydrogen-bond acceptors (Lipinski definition) is 1. The van der Waals surface area contributed by atoms with E-state index in [1.807, 2.05) is 0 Å². The Bertz CT molecular complexity index is 768. The zero-order valence-corrected chi connectivity index (χ0v) is 14.6. The second kappa shape index (κ2) is 8.32. The maximum absolute atomic E-state index is 14.6. The average molecular weight is 418 g/mol.